The molecule has 2 N–H and O–H groups in total. The van der Waals surface area contributed by atoms with Gasteiger partial charge in [-0.05, 0) is 33.5 Å². The third-order valence-corrected chi connectivity index (χ3v) is 2.32. The molecule has 0 amide bonds. The van der Waals surface area contributed by atoms with E-state index in [1.54, 1.807) is 6.92 Å². The highest BCUT2D eigenvalue weighted by Crippen LogP contribution is 2.08. The number of nitrogens with two attached hydrogens (primary N) is 1. The summed E-state index contributed by atoms with van der Waals surface area (Å²) < 4.78 is 5.14. The predicted octanol–water partition coefficient (Wildman–Crippen LogP) is 0.835. The van der Waals surface area contributed by atoms with Gasteiger partial charge in [-0.2, -0.15) is 0 Å². The Hall–Kier alpha value is -1.20. The van der Waals surface area contributed by atoms with Crippen LogP contribution in [-0.4, -0.2) is 42.3 Å². The van der Waals surface area contributed by atoms with Crippen LogP contribution in [0.3, 0.4) is 0 Å². The number of Topliss-reactive ketones (excluding diaryl/α,β-unsaturated/α-hetero) is 1. The fourth-order valence-corrected chi connectivity index (χ4v) is 1.42. The summed E-state index contributed by atoms with van der Waals surface area (Å²) in [4.78, 5) is 17.7. The molecule has 0 saturated carbocycles. The Labute approximate surface area is 95.6 Å². The van der Waals surface area contributed by atoms with Crippen LogP contribution in [0.2, 0.25) is 0 Å². The number of hydrogen-bond acceptors (Lipinski definition) is 5. The van der Waals surface area contributed by atoms with Crippen molar-refractivity contribution in [3.63, 3.8) is 0 Å². The number of carbonyl (C=O) groups excluding carboxylic acids is 1. The van der Waals surface area contributed by atoms with E-state index in [1.807, 2.05) is 14.1 Å². The monoisotopic (exact) mass is 225 g/mol. The molecule has 0 spiro atoms. The molecule has 5 heteroatoms. The van der Waals surface area contributed by atoms with Gasteiger partial charge in [-0.15, -0.1) is 0 Å². The van der Waals surface area contributed by atoms with E-state index >= 15 is 0 Å². The van der Waals surface area contributed by atoms with E-state index in [0.717, 1.165) is 13.0 Å². The van der Waals surface area contributed by atoms with Gasteiger partial charge in [-0.3, -0.25) is 4.79 Å². The Morgan fingerprint density at radius 1 is 1.62 bits per heavy atom. The van der Waals surface area contributed by atoms with Gasteiger partial charge in [0.05, 0.1) is 12.2 Å². The SMILES string of the molecule is Cc1ncc(C(=O)C(N)CCCN(C)C)o1. The van der Waals surface area contributed by atoms with Crippen molar-refractivity contribution in [2.75, 3.05) is 20.6 Å². The van der Waals surface area contributed by atoms with Crippen molar-refractivity contribution in [2.45, 2.75) is 25.8 Å². The molecule has 1 aromatic rings. The van der Waals surface area contributed by atoms with Gasteiger partial charge in [-0.25, -0.2) is 4.98 Å². The molecule has 0 saturated heterocycles. The molecule has 0 bridgehead atoms. The van der Waals surface area contributed by atoms with Crippen molar-refractivity contribution < 1.29 is 9.21 Å². The zero-order valence-corrected chi connectivity index (χ0v) is 10.1. The second-order valence-electron chi connectivity index (χ2n) is 4.16. The first-order valence-electron chi connectivity index (χ1n) is 5.37. The highest BCUT2D eigenvalue weighted by molar-refractivity contribution is 5.97. The molecule has 0 aliphatic rings. The molecule has 0 aliphatic carbocycles. The lowest BCUT2D eigenvalue weighted by Gasteiger charge is -2.11. The van der Waals surface area contributed by atoms with Crippen LogP contribution in [0.15, 0.2) is 10.6 Å². The second kappa shape index (κ2) is 5.77. The minimum Gasteiger partial charge on any atom is -0.438 e. The summed E-state index contributed by atoms with van der Waals surface area (Å²) in [6.45, 7) is 2.63. The molecule has 5 nitrogen and oxygen atoms in total. The molecular formula is C11H19N3O2. The van der Waals surface area contributed by atoms with Crippen LogP contribution in [0.1, 0.15) is 29.3 Å². The van der Waals surface area contributed by atoms with Crippen LogP contribution in [0.25, 0.3) is 0 Å². The Morgan fingerprint density at radius 3 is 2.81 bits per heavy atom. The summed E-state index contributed by atoms with van der Waals surface area (Å²) >= 11 is 0. The smallest absolute Gasteiger partial charge is 0.216 e. The van der Waals surface area contributed by atoms with Crippen molar-refractivity contribution in [1.82, 2.24) is 9.88 Å². The van der Waals surface area contributed by atoms with Gasteiger partial charge < -0.3 is 15.1 Å². The van der Waals surface area contributed by atoms with Gasteiger partial charge in [0.25, 0.3) is 0 Å². The van der Waals surface area contributed by atoms with Crippen molar-refractivity contribution in [2.24, 2.45) is 5.73 Å². The summed E-state index contributed by atoms with van der Waals surface area (Å²) in [5.41, 5.74) is 5.79. The lowest BCUT2D eigenvalue weighted by atomic mass is 10.1. The number of aryl methyl sites for hydroxylation is 1. The van der Waals surface area contributed by atoms with E-state index < -0.39 is 6.04 Å². The first kappa shape index (κ1) is 12.9. The van der Waals surface area contributed by atoms with E-state index in [0.29, 0.717) is 12.3 Å². The third kappa shape index (κ3) is 3.75. The molecule has 1 aromatic heterocycles. The largest absolute Gasteiger partial charge is 0.438 e. The third-order valence-electron chi connectivity index (χ3n) is 2.32. The Balaban J connectivity index is 2.42. The predicted molar refractivity (Wildman–Crippen MR) is 61.3 cm³/mol. The molecular weight excluding hydrogens is 206 g/mol. The minimum atomic E-state index is -0.493. The highest BCUT2D eigenvalue weighted by atomic mass is 16.4. The van der Waals surface area contributed by atoms with E-state index in [4.69, 9.17) is 10.2 Å². The van der Waals surface area contributed by atoms with Crippen LogP contribution in [-0.2, 0) is 0 Å². The van der Waals surface area contributed by atoms with Crippen LogP contribution in [0, 0.1) is 6.92 Å². The Bertz CT molecular complexity index is 347. The molecule has 0 aromatic carbocycles. The number of aromatic nitrogens is 1. The normalized spacial score (nSPS) is 13.1. The van der Waals surface area contributed by atoms with Crippen molar-refractivity contribution >= 4 is 5.78 Å². The van der Waals surface area contributed by atoms with E-state index in [-0.39, 0.29) is 11.5 Å². The quantitative estimate of drug-likeness (QED) is 0.726. The molecule has 90 valence electrons. The molecule has 0 radical (unpaired) electrons. The number of carbonyl (C=O) groups is 1. The number of rotatable bonds is 6. The van der Waals surface area contributed by atoms with Gasteiger partial charge in [0.15, 0.2) is 11.7 Å². The van der Waals surface area contributed by atoms with Gasteiger partial charge in [0, 0.05) is 6.92 Å². The zero-order valence-electron chi connectivity index (χ0n) is 10.1. The van der Waals surface area contributed by atoms with Crippen molar-refractivity contribution in [3.05, 3.63) is 17.8 Å². The van der Waals surface area contributed by atoms with Gasteiger partial charge in [0.1, 0.15) is 0 Å². The Kier molecular flexibility index (Phi) is 4.64. The van der Waals surface area contributed by atoms with Gasteiger partial charge in [-0.1, -0.05) is 0 Å². The second-order valence-corrected chi connectivity index (χ2v) is 4.16. The minimum absolute atomic E-state index is 0.167. The lowest BCUT2D eigenvalue weighted by molar-refractivity contribution is 0.0926. The molecule has 0 fully saturated rings. The fourth-order valence-electron chi connectivity index (χ4n) is 1.42. The summed E-state index contributed by atoms with van der Waals surface area (Å²) in [7, 11) is 3.99. The van der Waals surface area contributed by atoms with E-state index in [1.165, 1.54) is 6.20 Å². The van der Waals surface area contributed by atoms with Crippen LogP contribution in [0.5, 0.6) is 0 Å². The molecule has 1 heterocycles. The van der Waals surface area contributed by atoms with Crippen LogP contribution >= 0.6 is 0 Å². The maximum atomic E-state index is 11.8. The van der Waals surface area contributed by atoms with Crippen molar-refractivity contribution in [3.8, 4) is 0 Å². The number of hydrogen-bond donors (Lipinski definition) is 1. The first-order chi connectivity index (χ1) is 7.50. The lowest BCUT2D eigenvalue weighted by Crippen LogP contribution is -2.31. The molecule has 0 aliphatic heterocycles. The highest BCUT2D eigenvalue weighted by Gasteiger charge is 2.19. The van der Waals surface area contributed by atoms with Gasteiger partial charge in [0.2, 0.25) is 5.78 Å². The number of oxazole rings is 1. The van der Waals surface area contributed by atoms with Crippen molar-refractivity contribution in [1.29, 1.82) is 0 Å². The topological polar surface area (TPSA) is 72.4 Å². The van der Waals surface area contributed by atoms with Gasteiger partial charge >= 0.3 is 0 Å². The maximum Gasteiger partial charge on any atom is 0.216 e. The molecule has 1 rings (SSSR count). The number of nitrogens with zero attached hydrogens (tertiary/aromatic N) is 2. The average Bonchev–Trinajstić information content (AvgIpc) is 2.63. The molecule has 16 heavy (non-hydrogen) atoms. The summed E-state index contributed by atoms with van der Waals surface area (Å²) in [5.74, 6) is 0.582. The summed E-state index contributed by atoms with van der Waals surface area (Å²) in [6.07, 6.45) is 2.99. The molecule has 1 atom stereocenters. The fraction of sp³-hybridized carbons (Fsp3) is 0.636. The summed E-state index contributed by atoms with van der Waals surface area (Å²) in [6, 6.07) is -0.493. The standard InChI is InChI=1S/C11H19N3O2/c1-8-13-7-10(16-8)11(15)9(12)5-4-6-14(2)3/h7,9H,4-6,12H2,1-3H3. The van der Waals surface area contributed by atoms with Crippen LogP contribution < -0.4 is 5.73 Å². The first-order valence-corrected chi connectivity index (χ1v) is 5.37. The number of ketones is 1. The van der Waals surface area contributed by atoms with E-state index in [2.05, 4.69) is 9.88 Å². The Morgan fingerprint density at radius 2 is 2.31 bits per heavy atom. The zero-order chi connectivity index (χ0) is 12.1. The van der Waals surface area contributed by atoms with Crippen LogP contribution in [0.4, 0.5) is 0 Å². The molecule has 1 unspecified atom stereocenters. The average molecular weight is 225 g/mol. The maximum absolute atomic E-state index is 11.8. The van der Waals surface area contributed by atoms with E-state index in [9.17, 15) is 4.79 Å². The summed E-state index contributed by atoms with van der Waals surface area (Å²) in [5, 5.41) is 0.